The number of carbonyl (C=O) groups is 2. The molecule has 2 aliphatic rings. The van der Waals surface area contributed by atoms with E-state index < -0.39 is 5.54 Å². The Hall–Kier alpha value is -1.10. The highest BCUT2D eigenvalue weighted by molar-refractivity contribution is 6.06. The summed E-state index contributed by atoms with van der Waals surface area (Å²) in [5.41, 5.74) is -0.698. The lowest BCUT2D eigenvalue weighted by atomic mass is 9.99. The van der Waals surface area contributed by atoms with Gasteiger partial charge in [0, 0.05) is 19.1 Å². The standard InChI is InChI=1S/C11H19N3O2/c1-3-11(2)9(15)14(10(16)13-11)7-6-12-8-4-5-8/h8,12H,3-7H2,1-2H3,(H,13,16). The Balaban J connectivity index is 1.88. The van der Waals surface area contributed by atoms with E-state index in [0.717, 1.165) is 0 Å². The predicted molar refractivity (Wildman–Crippen MR) is 60.0 cm³/mol. The lowest BCUT2D eigenvalue weighted by Crippen LogP contribution is -2.43. The molecule has 2 N–H and O–H groups in total. The van der Waals surface area contributed by atoms with Crippen LogP contribution >= 0.6 is 0 Å². The molecule has 1 aliphatic heterocycles. The molecule has 90 valence electrons. The average Bonchev–Trinajstić information content (AvgIpc) is 3.03. The second-order valence-corrected chi connectivity index (χ2v) is 4.80. The Bertz CT molecular complexity index is 314. The quantitative estimate of drug-likeness (QED) is 0.668. The van der Waals surface area contributed by atoms with E-state index in [4.69, 9.17) is 0 Å². The molecule has 16 heavy (non-hydrogen) atoms. The van der Waals surface area contributed by atoms with Crippen molar-refractivity contribution in [2.75, 3.05) is 13.1 Å². The van der Waals surface area contributed by atoms with Gasteiger partial charge in [0.2, 0.25) is 0 Å². The first kappa shape index (κ1) is 11.4. The van der Waals surface area contributed by atoms with Crippen LogP contribution in [0, 0.1) is 0 Å². The second-order valence-electron chi connectivity index (χ2n) is 4.80. The van der Waals surface area contributed by atoms with E-state index in [-0.39, 0.29) is 11.9 Å². The van der Waals surface area contributed by atoms with Gasteiger partial charge in [-0.3, -0.25) is 9.69 Å². The molecule has 5 heteroatoms. The average molecular weight is 225 g/mol. The summed E-state index contributed by atoms with van der Waals surface area (Å²) in [6.07, 6.45) is 3.06. The Morgan fingerprint density at radius 1 is 1.50 bits per heavy atom. The predicted octanol–water partition coefficient (Wildman–Crippen LogP) is 0.459. The smallest absolute Gasteiger partial charge is 0.323 e. The van der Waals surface area contributed by atoms with Crippen molar-refractivity contribution >= 4 is 11.9 Å². The number of imide groups is 1. The highest BCUT2D eigenvalue weighted by atomic mass is 16.2. The van der Waals surface area contributed by atoms with Crippen molar-refractivity contribution in [3.63, 3.8) is 0 Å². The van der Waals surface area contributed by atoms with Crippen LogP contribution in [0.1, 0.15) is 33.1 Å². The summed E-state index contributed by atoms with van der Waals surface area (Å²) in [4.78, 5) is 24.9. The van der Waals surface area contributed by atoms with E-state index in [2.05, 4.69) is 10.6 Å². The van der Waals surface area contributed by atoms with Crippen LogP contribution < -0.4 is 10.6 Å². The number of urea groups is 1. The van der Waals surface area contributed by atoms with Gasteiger partial charge in [-0.2, -0.15) is 0 Å². The van der Waals surface area contributed by atoms with Crippen LogP contribution in [0.3, 0.4) is 0 Å². The van der Waals surface area contributed by atoms with Crippen molar-refractivity contribution in [1.82, 2.24) is 15.5 Å². The SMILES string of the molecule is CCC1(C)NC(=O)N(CCNC2CC2)C1=O. The molecule has 0 aromatic heterocycles. The summed E-state index contributed by atoms with van der Waals surface area (Å²) in [5.74, 6) is -0.0994. The molecule has 0 aromatic rings. The van der Waals surface area contributed by atoms with E-state index in [1.165, 1.54) is 17.7 Å². The van der Waals surface area contributed by atoms with Gasteiger partial charge in [-0.05, 0) is 26.2 Å². The van der Waals surface area contributed by atoms with Gasteiger partial charge >= 0.3 is 6.03 Å². The van der Waals surface area contributed by atoms with Gasteiger partial charge in [0.05, 0.1) is 0 Å². The highest BCUT2D eigenvalue weighted by Gasteiger charge is 2.46. The Morgan fingerprint density at radius 2 is 2.19 bits per heavy atom. The number of nitrogens with zero attached hydrogens (tertiary/aromatic N) is 1. The third kappa shape index (κ3) is 2.04. The molecule has 1 aliphatic carbocycles. The zero-order chi connectivity index (χ0) is 11.8. The van der Waals surface area contributed by atoms with Gasteiger partial charge in [-0.1, -0.05) is 6.92 Å². The van der Waals surface area contributed by atoms with E-state index in [9.17, 15) is 9.59 Å². The number of hydrogen-bond acceptors (Lipinski definition) is 3. The van der Waals surface area contributed by atoms with Crippen molar-refractivity contribution in [3.05, 3.63) is 0 Å². The summed E-state index contributed by atoms with van der Waals surface area (Å²) in [6, 6.07) is 0.352. The minimum atomic E-state index is -0.698. The summed E-state index contributed by atoms with van der Waals surface area (Å²) in [6.45, 7) is 4.85. The van der Waals surface area contributed by atoms with Crippen LogP contribution in [-0.4, -0.2) is 41.5 Å². The Labute approximate surface area is 95.6 Å². The Kier molecular flexibility index (Phi) is 2.88. The van der Waals surface area contributed by atoms with Crippen LogP contribution in [0.4, 0.5) is 4.79 Å². The topological polar surface area (TPSA) is 61.4 Å². The zero-order valence-corrected chi connectivity index (χ0v) is 9.88. The number of amides is 3. The van der Waals surface area contributed by atoms with E-state index in [1.54, 1.807) is 6.92 Å². The van der Waals surface area contributed by atoms with Crippen LogP contribution in [0.2, 0.25) is 0 Å². The lowest BCUT2D eigenvalue weighted by molar-refractivity contribution is -0.130. The van der Waals surface area contributed by atoms with Crippen molar-refractivity contribution in [2.45, 2.75) is 44.7 Å². The monoisotopic (exact) mass is 225 g/mol. The second kappa shape index (κ2) is 4.05. The molecule has 1 saturated heterocycles. The maximum Gasteiger partial charge on any atom is 0.325 e. The summed E-state index contributed by atoms with van der Waals surface area (Å²) in [7, 11) is 0. The van der Waals surface area contributed by atoms with Crippen molar-refractivity contribution < 1.29 is 9.59 Å². The third-order valence-electron chi connectivity index (χ3n) is 3.40. The first-order valence-electron chi connectivity index (χ1n) is 5.94. The largest absolute Gasteiger partial charge is 0.325 e. The molecule has 0 radical (unpaired) electrons. The molecular formula is C11H19N3O2. The summed E-state index contributed by atoms with van der Waals surface area (Å²) >= 11 is 0. The van der Waals surface area contributed by atoms with E-state index in [0.29, 0.717) is 25.6 Å². The van der Waals surface area contributed by atoms with Gasteiger partial charge < -0.3 is 10.6 Å². The first-order chi connectivity index (χ1) is 7.57. The van der Waals surface area contributed by atoms with Gasteiger partial charge in [0.15, 0.2) is 0 Å². The minimum absolute atomic E-state index is 0.0994. The number of hydrogen-bond donors (Lipinski definition) is 2. The van der Waals surface area contributed by atoms with Crippen molar-refractivity contribution in [1.29, 1.82) is 0 Å². The molecule has 1 saturated carbocycles. The van der Waals surface area contributed by atoms with E-state index in [1.807, 2.05) is 6.92 Å². The number of carbonyl (C=O) groups excluding carboxylic acids is 2. The van der Waals surface area contributed by atoms with Crippen LogP contribution in [0.15, 0.2) is 0 Å². The Morgan fingerprint density at radius 3 is 2.69 bits per heavy atom. The molecule has 0 aromatic carbocycles. The molecule has 1 unspecified atom stereocenters. The van der Waals surface area contributed by atoms with Crippen LogP contribution in [0.5, 0.6) is 0 Å². The minimum Gasteiger partial charge on any atom is -0.323 e. The number of rotatable bonds is 5. The van der Waals surface area contributed by atoms with Gasteiger partial charge in [0.25, 0.3) is 5.91 Å². The van der Waals surface area contributed by atoms with E-state index >= 15 is 0 Å². The first-order valence-corrected chi connectivity index (χ1v) is 5.94. The fourth-order valence-corrected chi connectivity index (χ4v) is 1.86. The molecule has 0 bridgehead atoms. The molecule has 0 spiro atoms. The normalized spacial score (nSPS) is 29.8. The molecular weight excluding hydrogens is 206 g/mol. The zero-order valence-electron chi connectivity index (χ0n) is 9.88. The third-order valence-corrected chi connectivity index (χ3v) is 3.40. The van der Waals surface area contributed by atoms with Gasteiger partial charge in [0.1, 0.15) is 5.54 Å². The van der Waals surface area contributed by atoms with Crippen LogP contribution in [0.25, 0.3) is 0 Å². The highest BCUT2D eigenvalue weighted by Crippen LogP contribution is 2.21. The molecule has 2 fully saturated rings. The maximum absolute atomic E-state index is 12.0. The number of nitrogens with one attached hydrogen (secondary N) is 2. The molecule has 5 nitrogen and oxygen atoms in total. The maximum atomic E-state index is 12.0. The lowest BCUT2D eigenvalue weighted by Gasteiger charge is -2.19. The molecule has 1 heterocycles. The molecule has 2 rings (SSSR count). The van der Waals surface area contributed by atoms with Gasteiger partial charge in [-0.25, -0.2) is 4.79 Å². The molecule has 3 amide bonds. The molecule has 1 atom stereocenters. The van der Waals surface area contributed by atoms with Crippen LogP contribution in [-0.2, 0) is 4.79 Å². The fourth-order valence-electron chi connectivity index (χ4n) is 1.86. The summed E-state index contributed by atoms with van der Waals surface area (Å²) in [5, 5.41) is 6.04. The van der Waals surface area contributed by atoms with Gasteiger partial charge in [-0.15, -0.1) is 0 Å². The summed E-state index contributed by atoms with van der Waals surface area (Å²) < 4.78 is 0. The fraction of sp³-hybridized carbons (Fsp3) is 0.818. The van der Waals surface area contributed by atoms with Crippen molar-refractivity contribution in [2.24, 2.45) is 0 Å². The van der Waals surface area contributed by atoms with Crippen molar-refractivity contribution in [3.8, 4) is 0 Å².